The minimum Gasteiger partial charge on any atom is -0.496 e. The summed E-state index contributed by atoms with van der Waals surface area (Å²) in [6.45, 7) is 9.24. The average Bonchev–Trinajstić information content (AvgIpc) is 2.15. The third-order valence-electron chi connectivity index (χ3n) is 2.31. The van der Waals surface area contributed by atoms with E-state index in [1.807, 2.05) is 26.0 Å². The molecule has 1 rings (SSSR count). The van der Waals surface area contributed by atoms with E-state index in [0.717, 1.165) is 16.9 Å². The molecule has 0 saturated carbocycles. The number of aryl methyl sites for hydroxylation is 2. The van der Waals surface area contributed by atoms with Crippen LogP contribution >= 0.6 is 0 Å². The fourth-order valence-electron chi connectivity index (χ4n) is 1.65. The fraction of sp³-hybridized carbons (Fsp3) is 0.308. The van der Waals surface area contributed by atoms with Crippen molar-refractivity contribution in [1.82, 2.24) is 0 Å². The van der Waals surface area contributed by atoms with Crippen molar-refractivity contribution in [2.45, 2.75) is 20.8 Å². The van der Waals surface area contributed by atoms with Crippen molar-refractivity contribution in [3.05, 3.63) is 41.0 Å². The summed E-state index contributed by atoms with van der Waals surface area (Å²) in [4.78, 5) is 11.7. The second-order valence-electron chi connectivity index (χ2n) is 3.75. The van der Waals surface area contributed by atoms with Crippen LogP contribution in [0.1, 0.15) is 28.4 Å². The van der Waals surface area contributed by atoms with Crippen LogP contribution in [-0.2, 0) is 0 Å². The second-order valence-corrected chi connectivity index (χ2v) is 3.75. The Morgan fingerprint density at radius 3 is 2.07 bits per heavy atom. The molecule has 1 aromatic rings. The largest absolute Gasteiger partial charge is 0.496 e. The number of allylic oxidation sites excluding steroid dienone is 1. The summed E-state index contributed by atoms with van der Waals surface area (Å²) in [7, 11) is 1.63. The molecule has 1 aromatic carbocycles. The molecule has 0 bridgehead atoms. The fourth-order valence-corrected chi connectivity index (χ4v) is 1.65. The van der Waals surface area contributed by atoms with Crippen LogP contribution in [0.15, 0.2) is 24.3 Å². The van der Waals surface area contributed by atoms with Crippen molar-refractivity contribution in [1.29, 1.82) is 0 Å². The number of rotatable bonds is 3. The van der Waals surface area contributed by atoms with Crippen LogP contribution in [-0.4, -0.2) is 12.9 Å². The molecule has 0 aliphatic heterocycles. The Bertz CT molecular complexity index is 394. The Balaban J connectivity index is 3.26. The number of ketones is 1. The number of Topliss-reactive ketones (excluding diaryl/α,β-unsaturated/α-hetero) is 1. The number of carbonyl (C=O) groups is 1. The van der Waals surface area contributed by atoms with Gasteiger partial charge in [-0.25, -0.2) is 0 Å². The molecule has 0 fully saturated rings. The lowest BCUT2D eigenvalue weighted by Crippen LogP contribution is -2.02. The molecule has 15 heavy (non-hydrogen) atoms. The van der Waals surface area contributed by atoms with Gasteiger partial charge in [0.15, 0.2) is 5.78 Å². The van der Waals surface area contributed by atoms with Gasteiger partial charge in [0, 0.05) is 5.56 Å². The lowest BCUT2D eigenvalue weighted by atomic mass is 10.00. The van der Waals surface area contributed by atoms with E-state index in [-0.39, 0.29) is 5.78 Å². The van der Waals surface area contributed by atoms with Crippen molar-refractivity contribution in [3.8, 4) is 5.75 Å². The van der Waals surface area contributed by atoms with Crippen LogP contribution in [0.4, 0.5) is 0 Å². The molecule has 0 radical (unpaired) electrons. The zero-order valence-electron chi connectivity index (χ0n) is 9.68. The summed E-state index contributed by atoms with van der Waals surface area (Å²) in [5, 5.41) is 0. The minimum absolute atomic E-state index is 0.0103. The molecule has 0 unspecified atom stereocenters. The molecule has 0 amide bonds. The molecule has 80 valence electrons. The maximum atomic E-state index is 11.7. The number of benzene rings is 1. The highest BCUT2D eigenvalue weighted by Gasteiger charge is 2.11. The summed E-state index contributed by atoms with van der Waals surface area (Å²) in [5.41, 5.74) is 3.18. The zero-order chi connectivity index (χ0) is 11.6. The van der Waals surface area contributed by atoms with E-state index in [9.17, 15) is 4.79 Å². The predicted molar refractivity (Wildman–Crippen MR) is 61.6 cm³/mol. The van der Waals surface area contributed by atoms with Crippen molar-refractivity contribution in [3.63, 3.8) is 0 Å². The van der Waals surface area contributed by atoms with Crippen LogP contribution in [0.5, 0.6) is 5.75 Å². The Morgan fingerprint density at radius 1 is 1.27 bits per heavy atom. The van der Waals surface area contributed by atoms with Crippen LogP contribution < -0.4 is 4.74 Å². The van der Waals surface area contributed by atoms with Gasteiger partial charge < -0.3 is 4.74 Å². The first-order valence-corrected chi connectivity index (χ1v) is 4.82. The first-order valence-electron chi connectivity index (χ1n) is 4.82. The molecule has 0 aliphatic carbocycles. The smallest absolute Gasteiger partial charge is 0.188 e. The Hall–Kier alpha value is -1.57. The van der Waals surface area contributed by atoms with Crippen LogP contribution in [0.3, 0.4) is 0 Å². The average molecular weight is 204 g/mol. The van der Waals surface area contributed by atoms with E-state index in [1.165, 1.54) is 0 Å². The number of methoxy groups -OCH3 is 1. The molecular formula is C13H16O2. The predicted octanol–water partition coefficient (Wildman–Crippen LogP) is 3.07. The maximum Gasteiger partial charge on any atom is 0.188 e. The van der Waals surface area contributed by atoms with Crippen LogP contribution in [0, 0.1) is 13.8 Å². The Morgan fingerprint density at radius 2 is 1.73 bits per heavy atom. The number of ether oxygens (including phenoxy) is 1. The molecule has 0 atom stereocenters. The van der Waals surface area contributed by atoms with Gasteiger partial charge in [-0.3, -0.25) is 4.79 Å². The number of hydrogen-bond donors (Lipinski definition) is 0. The highest BCUT2D eigenvalue weighted by molar-refractivity contribution is 6.08. The highest BCUT2D eigenvalue weighted by Crippen LogP contribution is 2.25. The lowest BCUT2D eigenvalue weighted by molar-refractivity contribution is 0.103. The normalized spacial score (nSPS) is 9.87. The van der Waals surface area contributed by atoms with Crippen LogP contribution in [0.25, 0.3) is 0 Å². The first-order chi connectivity index (χ1) is 6.97. The minimum atomic E-state index is -0.0103. The van der Waals surface area contributed by atoms with Gasteiger partial charge in [0.2, 0.25) is 0 Å². The highest BCUT2D eigenvalue weighted by atomic mass is 16.5. The summed E-state index contributed by atoms with van der Waals surface area (Å²) in [5.74, 6) is 0.831. The van der Waals surface area contributed by atoms with Gasteiger partial charge in [0.05, 0.1) is 7.11 Å². The number of carbonyl (C=O) groups excluding carboxylic acids is 1. The molecule has 0 aromatic heterocycles. The van der Waals surface area contributed by atoms with E-state index in [4.69, 9.17) is 4.74 Å². The Labute approximate surface area is 90.6 Å². The summed E-state index contributed by atoms with van der Waals surface area (Å²) >= 11 is 0. The molecule has 0 spiro atoms. The van der Waals surface area contributed by atoms with Gasteiger partial charge in [0.25, 0.3) is 0 Å². The summed E-state index contributed by atoms with van der Waals surface area (Å²) in [6, 6.07) is 3.67. The van der Waals surface area contributed by atoms with Crippen molar-refractivity contribution >= 4 is 5.78 Å². The zero-order valence-corrected chi connectivity index (χ0v) is 9.68. The monoisotopic (exact) mass is 204 g/mol. The molecule has 0 heterocycles. The van der Waals surface area contributed by atoms with Crippen LogP contribution in [0.2, 0.25) is 0 Å². The van der Waals surface area contributed by atoms with Gasteiger partial charge >= 0.3 is 0 Å². The summed E-state index contributed by atoms with van der Waals surface area (Å²) in [6.07, 6.45) is 0. The quantitative estimate of drug-likeness (QED) is 0.558. The number of hydrogen-bond acceptors (Lipinski definition) is 2. The molecule has 2 nitrogen and oxygen atoms in total. The third-order valence-corrected chi connectivity index (χ3v) is 2.31. The molecule has 0 N–H and O–H groups in total. The van der Waals surface area contributed by atoms with Gasteiger partial charge in [-0.15, -0.1) is 0 Å². The van der Waals surface area contributed by atoms with Gasteiger partial charge in [-0.2, -0.15) is 0 Å². The third kappa shape index (κ3) is 2.27. The SMILES string of the molecule is C=C(C)C(=O)c1cc(C)c(OC)c(C)c1. The summed E-state index contributed by atoms with van der Waals surface area (Å²) < 4.78 is 5.24. The van der Waals surface area contributed by atoms with E-state index >= 15 is 0 Å². The Kier molecular flexibility index (Phi) is 3.30. The van der Waals surface area contributed by atoms with E-state index < -0.39 is 0 Å². The van der Waals surface area contributed by atoms with Gasteiger partial charge in [-0.05, 0) is 49.6 Å². The molecule has 0 saturated heterocycles. The van der Waals surface area contributed by atoms with Gasteiger partial charge in [-0.1, -0.05) is 6.58 Å². The molecular weight excluding hydrogens is 188 g/mol. The first kappa shape index (κ1) is 11.5. The van der Waals surface area contributed by atoms with Crippen molar-refractivity contribution < 1.29 is 9.53 Å². The van der Waals surface area contributed by atoms with Crippen molar-refractivity contribution in [2.24, 2.45) is 0 Å². The van der Waals surface area contributed by atoms with Gasteiger partial charge in [0.1, 0.15) is 5.75 Å². The lowest BCUT2D eigenvalue weighted by Gasteiger charge is -2.10. The standard InChI is InChI=1S/C13H16O2/c1-8(2)12(14)11-6-9(3)13(15-5)10(4)7-11/h6-7H,1H2,2-5H3. The molecule has 0 aliphatic rings. The van der Waals surface area contributed by atoms with E-state index in [0.29, 0.717) is 11.1 Å². The topological polar surface area (TPSA) is 26.3 Å². The van der Waals surface area contributed by atoms with E-state index in [2.05, 4.69) is 6.58 Å². The van der Waals surface area contributed by atoms with Crippen molar-refractivity contribution in [2.75, 3.05) is 7.11 Å². The molecule has 2 heteroatoms. The second kappa shape index (κ2) is 4.30. The van der Waals surface area contributed by atoms with E-state index in [1.54, 1.807) is 14.0 Å². The maximum absolute atomic E-state index is 11.7.